The second-order valence-electron chi connectivity index (χ2n) is 6.66. The Morgan fingerprint density at radius 3 is 2.82 bits per heavy atom. The van der Waals surface area contributed by atoms with Crippen LogP contribution in [-0.4, -0.2) is 52.4 Å². The van der Waals surface area contributed by atoms with Crippen LogP contribution >= 0.6 is 0 Å². The molecule has 0 N–H and O–H groups in total. The summed E-state index contributed by atoms with van der Waals surface area (Å²) in [6.45, 7) is 5.09. The number of carbonyl (C=O) groups is 2. The highest BCUT2D eigenvalue weighted by Gasteiger charge is 2.49. The Morgan fingerprint density at radius 1 is 1.32 bits per heavy atom. The van der Waals surface area contributed by atoms with E-state index in [0.717, 1.165) is 38.8 Å². The van der Waals surface area contributed by atoms with Crippen LogP contribution in [0.5, 0.6) is 0 Å². The molecule has 1 atom stereocenters. The monoisotopic (exact) mass is 303 g/mol. The molecule has 0 saturated carbocycles. The van der Waals surface area contributed by atoms with E-state index in [1.165, 1.54) is 0 Å². The molecule has 5 heteroatoms. The number of likely N-dealkylation sites (tertiary alicyclic amines) is 2. The van der Waals surface area contributed by atoms with Crippen molar-refractivity contribution in [3.63, 3.8) is 0 Å². The third kappa shape index (κ3) is 2.42. The van der Waals surface area contributed by atoms with E-state index in [1.54, 1.807) is 0 Å². The van der Waals surface area contributed by atoms with Gasteiger partial charge in [-0.3, -0.25) is 9.59 Å². The summed E-state index contributed by atoms with van der Waals surface area (Å²) in [5.41, 5.74) is 0.375. The Morgan fingerprint density at radius 2 is 2.14 bits per heavy atom. The molecule has 0 aliphatic carbocycles. The average molecular weight is 303 g/mol. The molecular formula is C17H25N3O2. The van der Waals surface area contributed by atoms with Crippen molar-refractivity contribution in [3.8, 4) is 0 Å². The third-order valence-corrected chi connectivity index (χ3v) is 5.12. The fraction of sp³-hybridized carbons (Fsp3) is 0.647. The molecule has 120 valence electrons. The van der Waals surface area contributed by atoms with Crippen LogP contribution in [0.1, 0.15) is 43.1 Å². The maximum Gasteiger partial charge on any atom is 0.270 e. The molecule has 1 aromatic heterocycles. The summed E-state index contributed by atoms with van der Waals surface area (Å²) in [4.78, 5) is 29.4. The van der Waals surface area contributed by atoms with E-state index in [-0.39, 0.29) is 17.2 Å². The number of rotatable bonds is 3. The molecule has 1 spiro atoms. The van der Waals surface area contributed by atoms with Gasteiger partial charge in [0.25, 0.3) is 5.91 Å². The van der Waals surface area contributed by atoms with Crippen LogP contribution in [0.3, 0.4) is 0 Å². The molecule has 5 nitrogen and oxygen atoms in total. The normalized spacial score (nSPS) is 25.3. The molecule has 0 unspecified atom stereocenters. The quantitative estimate of drug-likeness (QED) is 0.856. The van der Waals surface area contributed by atoms with E-state index in [4.69, 9.17) is 0 Å². The van der Waals surface area contributed by atoms with Crippen LogP contribution in [-0.2, 0) is 11.8 Å². The predicted molar refractivity (Wildman–Crippen MR) is 84.5 cm³/mol. The Hall–Kier alpha value is -1.78. The van der Waals surface area contributed by atoms with E-state index in [1.807, 2.05) is 39.7 Å². The number of aryl methyl sites for hydroxylation is 1. The Labute approximate surface area is 131 Å². The first-order chi connectivity index (χ1) is 10.6. The molecular weight excluding hydrogens is 278 g/mol. The van der Waals surface area contributed by atoms with Crippen molar-refractivity contribution in [1.29, 1.82) is 0 Å². The minimum Gasteiger partial charge on any atom is -0.347 e. The van der Waals surface area contributed by atoms with Gasteiger partial charge in [0.2, 0.25) is 5.91 Å². The summed E-state index contributed by atoms with van der Waals surface area (Å²) >= 11 is 0. The van der Waals surface area contributed by atoms with E-state index in [0.29, 0.717) is 18.8 Å². The van der Waals surface area contributed by atoms with Crippen molar-refractivity contribution in [3.05, 3.63) is 24.0 Å². The first kappa shape index (κ1) is 15.1. The van der Waals surface area contributed by atoms with Gasteiger partial charge in [0.1, 0.15) is 5.69 Å². The third-order valence-electron chi connectivity index (χ3n) is 5.12. The van der Waals surface area contributed by atoms with Crippen LogP contribution in [0.2, 0.25) is 0 Å². The first-order valence-corrected chi connectivity index (χ1v) is 8.27. The number of hydrogen-bond donors (Lipinski definition) is 0. The maximum atomic E-state index is 12.8. The first-order valence-electron chi connectivity index (χ1n) is 8.27. The molecule has 0 radical (unpaired) electrons. The average Bonchev–Trinajstić information content (AvgIpc) is 3.11. The molecule has 2 aliphatic heterocycles. The molecule has 2 fully saturated rings. The molecule has 3 rings (SSSR count). The van der Waals surface area contributed by atoms with Gasteiger partial charge in [0.05, 0.1) is 5.41 Å². The smallest absolute Gasteiger partial charge is 0.270 e. The van der Waals surface area contributed by atoms with Gasteiger partial charge in [-0.1, -0.05) is 6.92 Å². The highest BCUT2D eigenvalue weighted by molar-refractivity contribution is 5.94. The second-order valence-corrected chi connectivity index (χ2v) is 6.66. The summed E-state index contributed by atoms with van der Waals surface area (Å²) in [7, 11) is 1.88. The van der Waals surface area contributed by atoms with E-state index in [2.05, 4.69) is 6.92 Å². The minimum absolute atomic E-state index is 0.0461. The van der Waals surface area contributed by atoms with Gasteiger partial charge in [0, 0.05) is 39.4 Å². The van der Waals surface area contributed by atoms with Gasteiger partial charge in [0.15, 0.2) is 0 Å². The van der Waals surface area contributed by atoms with Crippen molar-refractivity contribution in [2.75, 3.05) is 26.2 Å². The van der Waals surface area contributed by atoms with Crippen LogP contribution < -0.4 is 0 Å². The SMILES string of the molecule is CCCN1CCC[C@@]2(CCN(C(=O)c3cccn3C)C2)C1=O. The van der Waals surface area contributed by atoms with Gasteiger partial charge in [-0.2, -0.15) is 0 Å². The lowest BCUT2D eigenvalue weighted by Crippen LogP contribution is -2.50. The van der Waals surface area contributed by atoms with E-state index in [9.17, 15) is 9.59 Å². The van der Waals surface area contributed by atoms with Crippen molar-refractivity contribution in [2.45, 2.75) is 32.6 Å². The summed E-state index contributed by atoms with van der Waals surface area (Å²) in [5, 5.41) is 0. The lowest BCUT2D eigenvalue weighted by molar-refractivity contribution is -0.145. The van der Waals surface area contributed by atoms with Crippen molar-refractivity contribution in [1.82, 2.24) is 14.4 Å². The highest BCUT2D eigenvalue weighted by Crippen LogP contribution is 2.40. The van der Waals surface area contributed by atoms with Gasteiger partial charge in [-0.15, -0.1) is 0 Å². The van der Waals surface area contributed by atoms with Crippen LogP contribution in [0, 0.1) is 5.41 Å². The fourth-order valence-corrected chi connectivity index (χ4v) is 3.91. The molecule has 3 heterocycles. The molecule has 2 saturated heterocycles. The Kier molecular flexibility index (Phi) is 3.98. The van der Waals surface area contributed by atoms with Gasteiger partial charge in [-0.25, -0.2) is 0 Å². The summed E-state index contributed by atoms with van der Waals surface area (Å²) in [5.74, 6) is 0.313. The van der Waals surface area contributed by atoms with Crippen LogP contribution in [0.4, 0.5) is 0 Å². The number of nitrogens with zero attached hydrogens (tertiary/aromatic N) is 3. The summed E-state index contributed by atoms with van der Waals surface area (Å²) < 4.78 is 1.85. The Balaban J connectivity index is 1.75. The molecule has 2 amide bonds. The zero-order valence-corrected chi connectivity index (χ0v) is 13.5. The van der Waals surface area contributed by atoms with Crippen LogP contribution in [0.25, 0.3) is 0 Å². The van der Waals surface area contributed by atoms with Gasteiger partial charge in [-0.05, 0) is 37.8 Å². The lowest BCUT2D eigenvalue weighted by Gasteiger charge is -2.39. The number of hydrogen-bond acceptors (Lipinski definition) is 2. The summed E-state index contributed by atoms with van der Waals surface area (Å²) in [6.07, 6.45) is 5.66. The minimum atomic E-state index is -0.325. The van der Waals surface area contributed by atoms with Crippen LogP contribution in [0.15, 0.2) is 18.3 Å². The number of amides is 2. The largest absolute Gasteiger partial charge is 0.347 e. The van der Waals surface area contributed by atoms with Crippen molar-refractivity contribution >= 4 is 11.8 Å². The number of aromatic nitrogens is 1. The zero-order chi connectivity index (χ0) is 15.7. The number of piperidine rings is 1. The fourth-order valence-electron chi connectivity index (χ4n) is 3.91. The standard InChI is InChI=1S/C17H25N3O2/c1-3-9-19-11-5-7-17(16(19)22)8-12-20(13-17)15(21)14-6-4-10-18(14)2/h4,6,10H,3,5,7-9,11-13H2,1-2H3/t17-/m0/s1. The lowest BCUT2D eigenvalue weighted by atomic mass is 9.78. The number of carbonyl (C=O) groups excluding carboxylic acids is 2. The summed E-state index contributed by atoms with van der Waals surface area (Å²) in [6, 6.07) is 3.73. The van der Waals surface area contributed by atoms with E-state index < -0.39 is 0 Å². The Bertz CT molecular complexity index is 578. The highest BCUT2D eigenvalue weighted by atomic mass is 16.2. The van der Waals surface area contributed by atoms with Gasteiger partial charge < -0.3 is 14.4 Å². The van der Waals surface area contributed by atoms with Crippen molar-refractivity contribution in [2.24, 2.45) is 12.5 Å². The molecule has 22 heavy (non-hydrogen) atoms. The second kappa shape index (κ2) is 5.78. The molecule has 1 aromatic rings. The maximum absolute atomic E-state index is 12.8. The van der Waals surface area contributed by atoms with Crippen molar-refractivity contribution < 1.29 is 9.59 Å². The van der Waals surface area contributed by atoms with E-state index >= 15 is 0 Å². The zero-order valence-electron chi connectivity index (χ0n) is 13.5. The predicted octanol–water partition coefficient (Wildman–Crippen LogP) is 1.89. The molecule has 0 aromatic carbocycles. The topological polar surface area (TPSA) is 45.5 Å². The molecule has 0 bridgehead atoms. The van der Waals surface area contributed by atoms with Gasteiger partial charge >= 0.3 is 0 Å². The molecule has 2 aliphatic rings.